The Labute approximate surface area is 149 Å². The quantitative estimate of drug-likeness (QED) is 0.923. The van der Waals surface area contributed by atoms with Gasteiger partial charge in [-0.05, 0) is 36.9 Å². The molecular formula is C18H25ClN4O. The van der Waals surface area contributed by atoms with E-state index in [4.69, 9.17) is 5.73 Å². The first kappa shape index (κ1) is 18.5. The van der Waals surface area contributed by atoms with Crippen molar-refractivity contribution in [2.75, 3.05) is 19.6 Å². The highest BCUT2D eigenvalue weighted by molar-refractivity contribution is 5.95. The summed E-state index contributed by atoms with van der Waals surface area (Å²) in [4.78, 5) is 14.8. The van der Waals surface area contributed by atoms with Gasteiger partial charge in [0.15, 0.2) is 0 Å². The van der Waals surface area contributed by atoms with Crippen LogP contribution in [0, 0.1) is 5.41 Å². The molecular weight excluding hydrogens is 324 g/mol. The summed E-state index contributed by atoms with van der Waals surface area (Å²) in [5, 5.41) is 4.45. The minimum atomic E-state index is 0. The predicted octanol–water partition coefficient (Wildman–Crippen LogP) is 2.67. The van der Waals surface area contributed by atoms with E-state index < -0.39 is 0 Å². The van der Waals surface area contributed by atoms with Crippen LogP contribution in [0.1, 0.15) is 36.3 Å². The van der Waals surface area contributed by atoms with Crippen molar-refractivity contribution in [3.63, 3.8) is 0 Å². The molecule has 24 heavy (non-hydrogen) atoms. The van der Waals surface area contributed by atoms with Gasteiger partial charge in [0.2, 0.25) is 0 Å². The number of para-hydroxylation sites is 1. The molecule has 1 aliphatic heterocycles. The van der Waals surface area contributed by atoms with Crippen LogP contribution in [0.25, 0.3) is 5.69 Å². The summed E-state index contributed by atoms with van der Waals surface area (Å²) in [6.45, 7) is 6.31. The third-order valence-electron chi connectivity index (χ3n) is 4.77. The lowest BCUT2D eigenvalue weighted by atomic mass is 9.90. The number of benzene rings is 1. The van der Waals surface area contributed by atoms with Crippen molar-refractivity contribution >= 4 is 18.3 Å². The average molecular weight is 349 g/mol. The molecule has 1 aromatic heterocycles. The summed E-state index contributed by atoms with van der Waals surface area (Å²) in [7, 11) is 0. The fourth-order valence-electron chi connectivity index (χ4n) is 3.22. The Morgan fingerprint density at radius 2 is 2.04 bits per heavy atom. The van der Waals surface area contributed by atoms with E-state index in [-0.39, 0.29) is 23.7 Å². The summed E-state index contributed by atoms with van der Waals surface area (Å²) in [6.07, 6.45) is 3.42. The van der Waals surface area contributed by atoms with Gasteiger partial charge in [0.1, 0.15) is 0 Å². The van der Waals surface area contributed by atoms with Crippen LogP contribution in [-0.4, -0.2) is 40.2 Å². The Balaban J connectivity index is 0.00000208. The number of nitrogens with zero attached hydrogens (tertiary/aromatic N) is 3. The standard InChI is InChI=1S/C18H24N4O.ClH/c1-3-16-15(11-20-22(16)14-7-5-4-6-8-14)17(23)21-10-9-18(2,12-19)13-21;/h4-8,11H,3,9-10,12-13,19H2,1-2H3;1H. The maximum absolute atomic E-state index is 12.9. The van der Waals surface area contributed by atoms with Crippen molar-refractivity contribution in [1.29, 1.82) is 0 Å². The van der Waals surface area contributed by atoms with Crippen molar-refractivity contribution in [2.24, 2.45) is 11.1 Å². The second-order valence-electron chi connectivity index (χ2n) is 6.60. The van der Waals surface area contributed by atoms with Crippen molar-refractivity contribution in [3.05, 3.63) is 47.8 Å². The van der Waals surface area contributed by atoms with E-state index in [2.05, 4.69) is 18.9 Å². The first-order chi connectivity index (χ1) is 11.1. The van der Waals surface area contributed by atoms with E-state index in [1.807, 2.05) is 39.9 Å². The molecule has 0 bridgehead atoms. The summed E-state index contributed by atoms with van der Waals surface area (Å²) in [5.41, 5.74) is 8.54. The maximum atomic E-state index is 12.9. The molecule has 3 rings (SSSR count). The Kier molecular flexibility index (Phi) is 5.67. The van der Waals surface area contributed by atoms with Gasteiger partial charge in [-0.15, -0.1) is 12.4 Å². The number of carbonyl (C=O) groups excluding carboxylic acids is 1. The molecule has 1 aliphatic rings. The topological polar surface area (TPSA) is 64.2 Å². The fourth-order valence-corrected chi connectivity index (χ4v) is 3.22. The number of amides is 1. The highest BCUT2D eigenvalue weighted by Gasteiger charge is 2.36. The molecule has 1 atom stereocenters. The third kappa shape index (κ3) is 3.32. The number of rotatable bonds is 4. The van der Waals surface area contributed by atoms with E-state index in [1.165, 1.54) is 0 Å². The Hall–Kier alpha value is -1.85. The zero-order chi connectivity index (χ0) is 16.4. The van der Waals surface area contributed by atoms with Crippen LogP contribution in [0.2, 0.25) is 0 Å². The first-order valence-electron chi connectivity index (χ1n) is 8.19. The fraction of sp³-hybridized carbons (Fsp3) is 0.444. The molecule has 0 aliphatic carbocycles. The molecule has 130 valence electrons. The minimum absolute atomic E-state index is 0. The molecule has 1 saturated heterocycles. The van der Waals surface area contributed by atoms with Gasteiger partial charge in [-0.1, -0.05) is 32.0 Å². The van der Waals surface area contributed by atoms with Gasteiger partial charge in [-0.2, -0.15) is 5.10 Å². The van der Waals surface area contributed by atoms with E-state index in [9.17, 15) is 4.79 Å². The Morgan fingerprint density at radius 1 is 1.33 bits per heavy atom. The van der Waals surface area contributed by atoms with Crippen LogP contribution in [0.15, 0.2) is 36.5 Å². The largest absolute Gasteiger partial charge is 0.338 e. The SMILES string of the molecule is CCc1c(C(=O)N2CCC(C)(CN)C2)cnn1-c1ccccc1.Cl. The second-order valence-corrected chi connectivity index (χ2v) is 6.60. The highest BCUT2D eigenvalue weighted by atomic mass is 35.5. The van der Waals surface area contributed by atoms with Gasteiger partial charge in [-0.25, -0.2) is 4.68 Å². The predicted molar refractivity (Wildman–Crippen MR) is 97.9 cm³/mol. The van der Waals surface area contributed by atoms with Gasteiger partial charge in [-0.3, -0.25) is 4.79 Å². The second kappa shape index (κ2) is 7.36. The molecule has 2 aromatic rings. The van der Waals surface area contributed by atoms with Crippen molar-refractivity contribution in [2.45, 2.75) is 26.7 Å². The molecule has 1 aromatic carbocycles. The number of nitrogens with two attached hydrogens (primary N) is 1. The van der Waals surface area contributed by atoms with Gasteiger partial charge >= 0.3 is 0 Å². The number of likely N-dealkylation sites (tertiary alicyclic amines) is 1. The Bertz CT molecular complexity index is 700. The zero-order valence-corrected chi connectivity index (χ0v) is 15.1. The molecule has 5 nitrogen and oxygen atoms in total. The zero-order valence-electron chi connectivity index (χ0n) is 14.2. The number of carbonyl (C=O) groups is 1. The van der Waals surface area contributed by atoms with Crippen molar-refractivity contribution in [1.82, 2.24) is 14.7 Å². The number of aromatic nitrogens is 2. The molecule has 6 heteroatoms. The molecule has 1 fully saturated rings. The van der Waals surface area contributed by atoms with E-state index in [0.29, 0.717) is 12.1 Å². The molecule has 0 saturated carbocycles. The maximum Gasteiger partial charge on any atom is 0.257 e. The van der Waals surface area contributed by atoms with Crippen LogP contribution in [0.5, 0.6) is 0 Å². The van der Waals surface area contributed by atoms with E-state index >= 15 is 0 Å². The van der Waals surface area contributed by atoms with Gasteiger partial charge in [0.05, 0.1) is 23.1 Å². The van der Waals surface area contributed by atoms with Crippen LogP contribution >= 0.6 is 12.4 Å². The minimum Gasteiger partial charge on any atom is -0.338 e. The normalized spacial score (nSPS) is 20.0. The van der Waals surface area contributed by atoms with Gasteiger partial charge in [0.25, 0.3) is 5.91 Å². The lowest BCUT2D eigenvalue weighted by Crippen LogP contribution is -2.34. The summed E-state index contributed by atoms with van der Waals surface area (Å²) in [6, 6.07) is 9.93. The van der Waals surface area contributed by atoms with Crippen LogP contribution in [-0.2, 0) is 6.42 Å². The van der Waals surface area contributed by atoms with E-state index in [0.717, 1.165) is 37.3 Å². The number of halogens is 1. The van der Waals surface area contributed by atoms with Crippen molar-refractivity contribution in [3.8, 4) is 5.69 Å². The van der Waals surface area contributed by atoms with Crippen LogP contribution in [0.3, 0.4) is 0 Å². The highest BCUT2D eigenvalue weighted by Crippen LogP contribution is 2.30. The van der Waals surface area contributed by atoms with Crippen LogP contribution < -0.4 is 5.73 Å². The smallest absolute Gasteiger partial charge is 0.257 e. The monoisotopic (exact) mass is 348 g/mol. The first-order valence-corrected chi connectivity index (χ1v) is 8.19. The molecule has 2 N–H and O–H groups in total. The van der Waals surface area contributed by atoms with Gasteiger partial charge in [0, 0.05) is 13.1 Å². The van der Waals surface area contributed by atoms with Crippen LogP contribution in [0.4, 0.5) is 0 Å². The lowest BCUT2D eigenvalue weighted by Gasteiger charge is -2.22. The summed E-state index contributed by atoms with van der Waals surface area (Å²) >= 11 is 0. The number of hydrogen-bond donors (Lipinski definition) is 1. The number of hydrogen-bond acceptors (Lipinski definition) is 3. The van der Waals surface area contributed by atoms with Gasteiger partial charge < -0.3 is 10.6 Å². The summed E-state index contributed by atoms with van der Waals surface area (Å²) < 4.78 is 1.87. The molecule has 1 unspecified atom stereocenters. The average Bonchev–Trinajstić information content (AvgIpc) is 3.19. The molecule has 0 spiro atoms. The third-order valence-corrected chi connectivity index (χ3v) is 4.77. The molecule has 2 heterocycles. The summed E-state index contributed by atoms with van der Waals surface area (Å²) in [5.74, 6) is 0.0706. The van der Waals surface area contributed by atoms with E-state index in [1.54, 1.807) is 6.20 Å². The van der Waals surface area contributed by atoms with Crippen molar-refractivity contribution < 1.29 is 4.79 Å². The Morgan fingerprint density at radius 3 is 2.62 bits per heavy atom. The molecule has 1 amide bonds. The lowest BCUT2D eigenvalue weighted by molar-refractivity contribution is 0.0776. The molecule has 0 radical (unpaired) electrons.